The Kier molecular flexibility index (Phi) is 1.63. The quantitative estimate of drug-likeness (QED) is 0.592. The Morgan fingerprint density at radius 1 is 1.08 bits per heavy atom. The SMILES string of the molecule is CC1=NC(c2ccccc2)=N[N]1. The van der Waals surface area contributed by atoms with Crippen LogP contribution >= 0.6 is 0 Å². The molecule has 0 amide bonds. The highest BCUT2D eigenvalue weighted by Gasteiger charge is 2.08. The van der Waals surface area contributed by atoms with Crippen LogP contribution in [0.4, 0.5) is 0 Å². The Bertz CT molecular complexity index is 338. The van der Waals surface area contributed by atoms with E-state index in [9.17, 15) is 0 Å². The molecule has 59 valence electrons. The van der Waals surface area contributed by atoms with Crippen molar-refractivity contribution in [3.63, 3.8) is 0 Å². The van der Waals surface area contributed by atoms with Gasteiger partial charge in [0.2, 0.25) is 0 Å². The number of benzene rings is 1. The van der Waals surface area contributed by atoms with Crippen molar-refractivity contribution < 1.29 is 0 Å². The fraction of sp³-hybridized carbons (Fsp3) is 0.111. The number of aliphatic imine (C=N–C) groups is 1. The van der Waals surface area contributed by atoms with E-state index >= 15 is 0 Å². The van der Waals surface area contributed by atoms with Crippen LogP contribution in [0.5, 0.6) is 0 Å². The second-order valence-corrected chi connectivity index (χ2v) is 2.55. The predicted octanol–water partition coefficient (Wildman–Crippen LogP) is 1.38. The molecule has 3 heteroatoms. The van der Waals surface area contributed by atoms with E-state index in [0.29, 0.717) is 11.7 Å². The van der Waals surface area contributed by atoms with E-state index in [4.69, 9.17) is 0 Å². The average molecular weight is 158 g/mol. The van der Waals surface area contributed by atoms with E-state index in [-0.39, 0.29) is 0 Å². The Morgan fingerprint density at radius 2 is 1.83 bits per heavy atom. The zero-order chi connectivity index (χ0) is 8.39. The molecule has 1 aromatic rings. The largest absolute Gasteiger partial charge is 0.210 e. The maximum Gasteiger partial charge on any atom is 0.183 e. The van der Waals surface area contributed by atoms with Crippen LogP contribution in [0.15, 0.2) is 40.4 Å². The van der Waals surface area contributed by atoms with Gasteiger partial charge in [-0.05, 0) is 6.92 Å². The lowest BCUT2D eigenvalue weighted by atomic mass is 10.2. The standard InChI is InChI=1S/C9H8N3/c1-7-10-9(12-11-7)8-5-3-2-4-6-8/h2-6H,1H3. The van der Waals surface area contributed by atoms with Crippen molar-refractivity contribution >= 4 is 11.7 Å². The number of amidine groups is 2. The molecule has 1 aromatic carbocycles. The molecule has 0 spiro atoms. The molecule has 2 rings (SSSR count). The smallest absolute Gasteiger partial charge is 0.183 e. The molecule has 12 heavy (non-hydrogen) atoms. The topological polar surface area (TPSA) is 38.8 Å². The van der Waals surface area contributed by atoms with Crippen molar-refractivity contribution in [3.8, 4) is 0 Å². The highest BCUT2D eigenvalue weighted by atomic mass is 15.4. The van der Waals surface area contributed by atoms with Crippen molar-refractivity contribution in [3.05, 3.63) is 35.9 Å². The fourth-order valence-corrected chi connectivity index (χ4v) is 1.03. The molecule has 0 aromatic heterocycles. The lowest BCUT2D eigenvalue weighted by Crippen LogP contribution is -1.96. The number of hydrogen-bond acceptors (Lipinski definition) is 2. The molecule has 3 nitrogen and oxygen atoms in total. The zero-order valence-corrected chi connectivity index (χ0v) is 6.73. The summed E-state index contributed by atoms with van der Waals surface area (Å²) in [6.07, 6.45) is 0. The molecule has 0 unspecified atom stereocenters. The molecule has 0 N–H and O–H groups in total. The summed E-state index contributed by atoms with van der Waals surface area (Å²) in [4.78, 5) is 4.16. The Morgan fingerprint density at radius 3 is 2.42 bits per heavy atom. The minimum absolute atomic E-state index is 0.702. The van der Waals surface area contributed by atoms with Crippen molar-refractivity contribution in [1.29, 1.82) is 0 Å². The van der Waals surface area contributed by atoms with Gasteiger partial charge in [-0.1, -0.05) is 30.3 Å². The summed E-state index contributed by atoms with van der Waals surface area (Å²) in [5, 5.41) is 3.92. The maximum absolute atomic E-state index is 4.16. The minimum Gasteiger partial charge on any atom is -0.210 e. The van der Waals surface area contributed by atoms with Crippen LogP contribution in [0.25, 0.3) is 0 Å². The minimum atomic E-state index is 0.702. The summed E-state index contributed by atoms with van der Waals surface area (Å²) in [6, 6.07) is 9.82. The highest BCUT2D eigenvalue weighted by Crippen LogP contribution is 2.05. The molecular formula is C9H8N3. The van der Waals surface area contributed by atoms with Gasteiger partial charge in [0.05, 0.1) is 0 Å². The van der Waals surface area contributed by atoms with E-state index in [1.165, 1.54) is 0 Å². The molecule has 0 atom stereocenters. The predicted molar refractivity (Wildman–Crippen MR) is 48.2 cm³/mol. The third kappa shape index (κ3) is 1.21. The molecule has 0 fully saturated rings. The summed E-state index contributed by atoms with van der Waals surface area (Å²) >= 11 is 0. The van der Waals surface area contributed by atoms with Gasteiger partial charge in [0.25, 0.3) is 0 Å². The van der Waals surface area contributed by atoms with Gasteiger partial charge in [-0.3, -0.25) is 0 Å². The fourth-order valence-electron chi connectivity index (χ4n) is 1.03. The summed E-state index contributed by atoms with van der Waals surface area (Å²) in [5.41, 5.74) is 4.84. The van der Waals surface area contributed by atoms with Gasteiger partial charge < -0.3 is 0 Å². The van der Waals surface area contributed by atoms with Crippen LogP contribution in [0.2, 0.25) is 0 Å². The molecule has 0 saturated heterocycles. The van der Waals surface area contributed by atoms with Gasteiger partial charge in [-0.25, -0.2) is 4.99 Å². The second kappa shape index (κ2) is 2.77. The van der Waals surface area contributed by atoms with Crippen molar-refractivity contribution in [2.75, 3.05) is 0 Å². The Labute approximate surface area is 70.8 Å². The molecule has 1 aliphatic heterocycles. The van der Waals surface area contributed by atoms with Gasteiger partial charge in [-0.2, -0.15) is 0 Å². The first kappa shape index (κ1) is 7.03. The van der Waals surface area contributed by atoms with Crippen LogP contribution in [-0.2, 0) is 0 Å². The molecule has 1 heterocycles. The zero-order valence-electron chi connectivity index (χ0n) is 6.73. The first-order valence-electron chi connectivity index (χ1n) is 3.76. The van der Waals surface area contributed by atoms with E-state index in [0.717, 1.165) is 5.56 Å². The molecule has 0 saturated carbocycles. The summed E-state index contributed by atoms with van der Waals surface area (Å²) in [7, 11) is 0. The molecule has 1 aliphatic rings. The third-order valence-corrected chi connectivity index (χ3v) is 1.59. The van der Waals surface area contributed by atoms with Crippen LogP contribution in [0.3, 0.4) is 0 Å². The van der Waals surface area contributed by atoms with Crippen molar-refractivity contribution in [2.45, 2.75) is 6.92 Å². The van der Waals surface area contributed by atoms with Crippen molar-refractivity contribution in [1.82, 2.24) is 5.43 Å². The molecule has 0 bridgehead atoms. The first-order valence-corrected chi connectivity index (χ1v) is 3.76. The van der Waals surface area contributed by atoms with Crippen LogP contribution in [-0.4, -0.2) is 11.7 Å². The Balaban J connectivity index is 2.34. The van der Waals surface area contributed by atoms with E-state index in [1.807, 2.05) is 37.3 Å². The van der Waals surface area contributed by atoms with E-state index < -0.39 is 0 Å². The van der Waals surface area contributed by atoms with Gasteiger partial charge in [0, 0.05) is 5.56 Å². The van der Waals surface area contributed by atoms with Gasteiger partial charge in [0.15, 0.2) is 5.84 Å². The van der Waals surface area contributed by atoms with Crippen LogP contribution in [0.1, 0.15) is 12.5 Å². The number of nitrogens with zero attached hydrogens (tertiary/aromatic N) is 3. The average Bonchev–Trinajstić information content (AvgIpc) is 2.54. The van der Waals surface area contributed by atoms with Gasteiger partial charge >= 0.3 is 0 Å². The first-order chi connectivity index (χ1) is 5.86. The molecule has 0 aliphatic carbocycles. The van der Waals surface area contributed by atoms with Gasteiger partial charge in [-0.15, -0.1) is 10.5 Å². The highest BCUT2D eigenvalue weighted by molar-refractivity contribution is 6.08. The van der Waals surface area contributed by atoms with E-state index in [1.54, 1.807) is 0 Å². The van der Waals surface area contributed by atoms with Gasteiger partial charge in [0.1, 0.15) is 5.84 Å². The number of hydrogen-bond donors (Lipinski definition) is 0. The van der Waals surface area contributed by atoms with Crippen molar-refractivity contribution in [2.24, 2.45) is 10.1 Å². The molecular weight excluding hydrogens is 150 g/mol. The monoisotopic (exact) mass is 158 g/mol. The third-order valence-electron chi connectivity index (χ3n) is 1.59. The summed E-state index contributed by atoms with van der Waals surface area (Å²) < 4.78 is 0. The summed E-state index contributed by atoms with van der Waals surface area (Å²) in [5.74, 6) is 1.42. The Hall–Kier alpha value is -1.64. The van der Waals surface area contributed by atoms with E-state index in [2.05, 4.69) is 15.5 Å². The maximum atomic E-state index is 4.16. The normalized spacial score (nSPS) is 15.1. The summed E-state index contributed by atoms with van der Waals surface area (Å²) in [6.45, 7) is 1.83. The second-order valence-electron chi connectivity index (χ2n) is 2.55. The van der Waals surface area contributed by atoms with Crippen LogP contribution < -0.4 is 5.43 Å². The lowest BCUT2D eigenvalue weighted by Gasteiger charge is -1.92. The lowest BCUT2D eigenvalue weighted by molar-refractivity contribution is 1.03. The molecule has 1 radical (unpaired) electrons. The number of rotatable bonds is 1. The van der Waals surface area contributed by atoms with Crippen LogP contribution in [0, 0.1) is 0 Å².